The van der Waals surface area contributed by atoms with Crippen molar-refractivity contribution in [2.75, 3.05) is 6.61 Å². The van der Waals surface area contributed by atoms with Gasteiger partial charge in [0.1, 0.15) is 5.75 Å². The van der Waals surface area contributed by atoms with E-state index in [1.165, 1.54) is 25.7 Å². The van der Waals surface area contributed by atoms with Gasteiger partial charge in [0.2, 0.25) is 0 Å². The van der Waals surface area contributed by atoms with Crippen molar-refractivity contribution >= 4 is 11.6 Å². The Bertz CT molecular complexity index is 438. The molecule has 2 N–H and O–H groups in total. The van der Waals surface area contributed by atoms with E-state index in [2.05, 4.69) is 0 Å². The zero-order chi connectivity index (χ0) is 12.6. The highest BCUT2D eigenvalue weighted by Crippen LogP contribution is 2.44. The number of hydrogen-bond donors (Lipinski definition) is 1. The molecule has 2 aliphatic carbocycles. The molecule has 2 aliphatic rings. The Labute approximate surface area is 113 Å². The van der Waals surface area contributed by atoms with Crippen LogP contribution in [0.25, 0.3) is 0 Å². The SMILES string of the molecule is NC1(c2cc(Cl)ccc2OCC2CCC2)CCC1. The summed E-state index contributed by atoms with van der Waals surface area (Å²) in [6.07, 6.45) is 7.22. The molecule has 3 rings (SSSR count). The first-order chi connectivity index (χ1) is 8.67. The van der Waals surface area contributed by atoms with Crippen LogP contribution in [0.5, 0.6) is 5.75 Å². The molecule has 1 aromatic carbocycles. The Hall–Kier alpha value is -0.730. The number of nitrogens with two attached hydrogens (primary N) is 1. The Morgan fingerprint density at radius 3 is 2.61 bits per heavy atom. The fourth-order valence-electron chi connectivity index (χ4n) is 2.71. The number of benzene rings is 1. The number of ether oxygens (including phenoxy) is 1. The van der Waals surface area contributed by atoms with E-state index >= 15 is 0 Å². The van der Waals surface area contributed by atoms with Gasteiger partial charge in [0.05, 0.1) is 6.61 Å². The third-order valence-electron chi connectivity index (χ3n) is 4.42. The Morgan fingerprint density at radius 1 is 1.28 bits per heavy atom. The number of rotatable bonds is 4. The molecule has 0 bridgehead atoms. The van der Waals surface area contributed by atoms with Crippen molar-refractivity contribution < 1.29 is 4.74 Å². The maximum Gasteiger partial charge on any atom is 0.124 e. The van der Waals surface area contributed by atoms with Gasteiger partial charge in [-0.05, 0) is 56.2 Å². The summed E-state index contributed by atoms with van der Waals surface area (Å²) in [5.74, 6) is 1.68. The van der Waals surface area contributed by atoms with Crippen LogP contribution in [0.4, 0.5) is 0 Å². The standard InChI is InChI=1S/C15H20ClNO/c16-12-5-6-14(18-10-11-3-1-4-11)13(9-12)15(17)7-2-8-15/h5-6,9,11H,1-4,7-8,10,17H2. The minimum Gasteiger partial charge on any atom is -0.493 e. The largest absolute Gasteiger partial charge is 0.493 e. The molecule has 18 heavy (non-hydrogen) atoms. The van der Waals surface area contributed by atoms with Gasteiger partial charge in [-0.2, -0.15) is 0 Å². The van der Waals surface area contributed by atoms with Gasteiger partial charge < -0.3 is 10.5 Å². The average Bonchev–Trinajstić information content (AvgIpc) is 2.25. The van der Waals surface area contributed by atoms with Crippen LogP contribution in [0, 0.1) is 5.92 Å². The first-order valence-electron chi connectivity index (χ1n) is 6.89. The van der Waals surface area contributed by atoms with Crippen molar-refractivity contribution in [3.8, 4) is 5.75 Å². The molecular formula is C15H20ClNO. The number of halogens is 1. The maximum atomic E-state index is 6.41. The third-order valence-corrected chi connectivity index (χ3v) is 4.66. The molecule has 2 saturated carbocycles. The molecule has 98 valence electrons. The minimum absolute atomic E-state index is 0.208. The van der Waals surface area contributed by atoms with Crippen LogP contribution in [-0.2, 0) is 5.54 Å². The second-order valence-electron chi connectivity index (χ2n) is 5.76. The summed E-state index contributed by atoms with van der Waals surface area (Å²) in [4.78, 5) is 0. The summed E-state index contributed by atoms with van der Waals surface area (Å²) in [6.45, 7) is 0.824. The second kappa shape index (κ2) is 4.75. The lowest BCUT2D eigenvalue weighted by molar-refractivity contribution is 0.171. The van der Waals surface area contributed by atoms with Gasteiger partial charge in [-0.15, -0.1) is 0 Å². The molecule has 2 nitrogen and oxygen atoms in total. The summed E-state index contributed by atoms with van der Waals surface area (Å²) in [6, 6.07) is 5.85. The van der Waals surface area contributed by atoms with E-state index in [-0.39, 0.29) is 5.54 Å². The van der Waals surface area contributed by atoms with Gasteiger partial charge in [0.25, 0.3) is 0 Å². The molecule has 0 amide bonds. The second-order valence-corrected chi connectivity index (χ2v) is 6.19. The highest BCUT2D eigenvalue weighted by atomic mass is 35.5. The van der Waals surface area contributed by atoms with Gasteiger partial charge in [-0.25, -0.2) is 0 Å². The predicted octanol–water partition coefficient (Wildman–Crippen LogP) is 3.86. The van der Waals surface area contributed by atoms with Gasteiger partial charge in [0.15, 0.2) is 0 Å². The molecule has 0 atom stereocenters. The topological polar surface area (TPSA) is 35.2 Å². The highest BCUT2D eigenvalue weighted by Gasteiger charge is 2.37. The van der Waals surface area contributed by atoms with Gasteiger partial charge in [-0.3, -0.25) is 0 Å². The van der Waals surface area contributed by atoms with Crippen LogP contribution in [0.1, 0.15) is 44.1 Å². The number of hydrogen-bond acceptors (Lipinski definition) is 2. The highest BCUT2D eigenvalue weighted by molar-refractivity contribution is 6.30. The van der Waals surface area contributed by atoms with E-state index in [1.54, 1.807) is 0 Å². The van der Waals surface area contributed by atoms with Crippen LogP contribution in [0.2, 0.25) is 5.02 Å². The summed E-state index contributed by atoms with van der Waals surface area (Å²) in [5.41, 5.74) is 7.30. The minimum atomic E-state index is -0.208. The molecular weight excluding hydrogens is 246 g/mol. The zero-order valence-corrected chi connectivity index (χ0v) is 11.4. The lowest BCUT2D eigenvalue weighted by Crippen LogP contribution is -2.43. The predicted molar refractivity (Wildman–Crippen MR) is 74.0 cm³/mol. The normalized spacial score (nSPS) is 22.1. The maximum absolute atomic E-state index is 6.41. The fraction of sp³-hybridized carbons (Fsp3) is 0.600. The molecule has 3 heteroatoms. The lowest BCUT2D eigenvalue weighted by atomic mass is 9.72. The average molecular weight is 266 g/mol. The summed E-state index contributed by atoms with van der Waals surface area (Å²) >= 11 is 6.09. The molecule has 0 spiro atoms. The monoisotopic (exact) mass is 265 g/mol. The Morgan fingerprint density at radius 2 is 2.06 bits per heavy atom. The fourth-order valence-corrected chi connectivity index (χ4v) is 2.88. The van der Waals surface area contributed by atoms with E-state index in [1.807, 2.05) is 18.2 Å². The van der Waals surface area contributed by atoms with E-state index in [4.69, 9.17) is 22.1 Å². The molecule has 0 unspecified atom stereocenters. The van der Waals surface area contributed by atoms with Crippen molar-refractivity contribution in [3.63, 3.8) is 0 Å². The van der Waals surface area contributed by atoms with Gasteiger partial charge in [-0.1, -0.05) is 18.0 Å². The van der Waals surface area contributed by atoms with Crippen LogP contribution < -0.4 is 10.5 Å². The Kier molecular flexibility index (Phi) is 3.25. The van der Waals surface area contributed by atoms with E-state index in [0.29, 0.717) is 0 Å². The summed E-state index contributed by atoms with van der Waals surface area (Å²) in [5, 5.41) is 0.748. The van der Waals surface area contributed by atoms with Crippen molar-refractivity contribution in [1.29, 1.82) is 0 Å². The molecule has 0 heterocycles. The van der Waals surface area contributed by atoms with Crippen molar-refractivity contribution in [2.24, 2.45) is 11.7 Å². The van der Waals surface area contributed by atoms with Crippen LogP contribution >= 0.6 is 11.6 Å². The molecule has 0 aromatic heterocycles. The van der Waals surface area contributed by atoms with E-state index in [9.17, 15) is 0 Å². The van der Waals surface area contributed by atoms with Crippen LogP contribution in [0.15, 0.2) is 18.2 Å². The summed E-state index contributed by atoms with van der Waals surface area (Å²) in [7, 11) is 0. The molecule has 0 radical (unpaired) electrons. The molecule has 0 saturated heterocycles. The van der Waals surface area contributed by atoms with Crippen molar-refractivity contribution in [2.45, 2.75) is 44.1 Å². The van der Waals surface area contributed by atoms with Gasteiger partial charge >= 0.3 is 0 Å². The van der Waals surface area contributed by atoms with Crippen LogP contribution in [-0.4, -0.2) is 6.61 Å². The van der Waals surface area contributed by atoms with E-state index in [0.717, 1.165) is 41.7 Å². The van der Waals surface area contributed by atoms with Crippen molar-refractivity contribution in [1.82, 2.24) is 0 Å². The molecule has 2 fully saturated rings. The van der Waals surface area contributed by atoms with Gasteiger partial charge in [0, 0.05) is 16.1 Å². The smallest absolute Gasteiger partial charge is 0.124 e. The van der Waals surface area contributed by atoms with E-state index < -0.39 is 0 Å². The summed E-state index contributed by atoms with van der Waals surface area (Å²) < 4.78 is 5.98. The van der Waals surface area contributed by atoms with Crippen molar-refractivity contribution in [3.05, 3.63) is 28.8 Å². The molecule has 0 aliphatic heterocycles. The zero-order valence-electron chi connectivity index (χ0n) is 10.6. The lowest BCUT2D eigenvalue weighted by Gasteiger charge is -2.39. The first kappa shape index (κ1) is 12.3. The first-order valence-corrected chi connectivity index (χ1v) is 7.27. The molecule has 1 aromatic rings. The van der Waals surface area contributed by atoms with Crippen LogP contribution in [0.3, 0.4) is 0 Å². The Balaban J connectivity index is 1.78. The third kappa shape index (κ3) is 2.24. The quantitative estimate of drug-likeness (QED) is 0.897.